The fraction of sp³-hybridized carbons (Fsp3) is 0.625. The first-order valence-electron chi connectivity index (χ1n) is 3.87. The highest BCUT2D eigenvalue weighted by atomic mass is 16.5. The van der Waals surface area contributed by atoms with Crippen LogP contribution in [0.4, 0.5) is 0 Å². The van der Waals surface area contributed by atoms with E-state index in [0.29, 0.717) is 12.5 Å². The zero-order valence-electron chi connectivity index (χ0n) is 7.00. The third-order valence-corrected chi connectivity index (χ3v) is 1.73. The SMILES string of the molecule is Cc1cc(C(C)CCN)on1. The maximum Gasteiger partial charge on any atom is 0.139 e. The van der Waals surface area contributed by atoms with Crippen LogP contribution in [0, 0.1) is 6.92 Å². The van der Waals surface area contributed by atoms with Crippen LogP contribution in [0.1, 0.15) is 30.7 Å². The van der Waals surface area contributed by atoms with E-state index in [1.165, 1.54) is 0 Å². The van der Waals surface area contributed by atoms with E-state index in [1.807, 2.05) is 13.0 Å². The molecule has 0 spiro atoms. The summed E-state index contributed by atoms with van der Waals surface area (Å²) in [7, 11) is 0. The average molecular weight is 154 g/mol. The van der Waals surface area contributed by atoms with E-state index in [4.69, 9.17) is 10.3 Å². The zero-order chi connectivity index (χ0) is 8.27. The number of rotatable bonds is 3. The summed E-state index contributed by atoms with van der Waals surface area (Å²) in [5.41, 5.74) is 6.35. The van der Waals surface area contributed by atoms with Crippen LogP contribution in [0.2, 0.25) is 0 Å². The molecule has 11 heavy (non-hydrogen) atoms. The predicted molar refractivity (Wildman–Crippen MR) is 43.3 cm³/mol. The van der Waals surface area contributed by atoms with E-state index in [-0.39, 0.29) is 0 Å². The Hall–Kier alpha value is -0.830. The highest BCUT2D eigenvalue weighted by Gasteiger charge is 2.08. The number of nitrogens with two attached hydrogens (primary N) is 1. The second-order valence-electron chi connectivity index (χ2n) is 2.85. The van der Waals surface area contributed by atoms with E-state index in [0.717, 1.165) is 17.9 Å². The molecule has 1 unspecified atom stereocenters. The van der Waals surface area contributed by atoms with Gasteiger partial charge < -0.3 is 10.3 Å². The van der Waals surface area contributed by atoms with Gasteiger partial charge in [-0.1, -0.05) is 12.1 Å². The Labute approximate surface area is 66.6 Å². The molecule has 0 saturated heterocycles. The van der Waals surface area contributed by atoms with Gasteiger partial charge in [-0.25, -0.2) is 0 Å². The van der Waals surface area contributed by atoms with Gasteiger partial charge in [-0.3, -0.25) is 0 Å². The molecule has 3 heteroatoms. The minimum atomic E-state index is 0.390. The molecule has 0 aromatic carbocycles. The summed E-state index contributed by atoms with van der Waals surface area (Å²) in [6.45, 7) is 4.70. The number of nitrogens with zero attached hydrogens (tertiary/aromatic N) is 1. The molecule has 0 radical (unpaired) electrons. The Morgan fingerprint density at radius 3 is 2.91 bits per heavy atom. The first kappa shape index (κ1) is 8.27. The van der Waals surface area contributed by atoms with E-state index in [2.05, 4.69) is 12.1 Å². The molecule has 1 rings (SSSR count). The molecule has 0 aliphatic carbocycles. The van der Waals surface area contributed by atoms with Gasteiger partial charge in [0.15, 0.2) is 0 Å². The van der Waals surface area contributed by atoms with Crippen LogP contribution in [0.15, 0.2) is 10.6 Å². The summed E-state index contributed by atoms with van der Waals surface area (Å²) in [5.74, 6) is 1.33. The van der Waals surface area contributed by atoms with E-state index < -0.39 is 0 Å². The quantitative estimate of drug-likeness (QED) is 0.716. The first-order chi connectivity index (χ1) is 5.24. The monoisotopic (exact) mass is 154 g/mol. The Kier molecular flexibility index (Phi) is 2.65. The third kappa shape index (κ3) is 2.05. The van der Waals surface area contributed by atoms with Gasteiger partial charge in [0.25, 0.3) is 0 Å². The first-order valence-corrected chi connectivity index (χ1v) is 3.87. The van der Waals surface area contributed by atoms with Crippen molar-refractivity contribution in [2.24, 2.45) is 5.73 Å². The summed E-state index contributed by atoms with van der Waals surface area (Å²) >= 11 is 0. The van der Waals surface area contributed by atoms with Crippen LogP contribution in [0.5, 0.6) is 0 Å². The maximum absolute atomic E-state index is 5.41. The lowest BCUT2D eigenvalue weighted by Crippen LogP contribution is -2.03. The van der Waals surface area contributed by atoms with Crippen molar-refractivity contribution in [3.05, 3.63) is 17.5 Å². The largest absolute Gasteiger partial charge is 0.361 e. The molecule has 0 fully saturated rings. The van der Waals surface area contributed by atoms with Gasteiger partial charge in [0, 0.05) is 12.0 Å². The second kappa shape index (κ2) is 3.53. The molecule has 1 heterocycles. The van der Waals surface area contributed by atoms with Crippen LogP contribution >= 0.6 is 0 Å². The van der Waals surface area contributed by atoms with Crippen molar-refractivity contribution < 1.29 is 4.52 Å². The number of aromatic nitrogens is 1. The predicted octanol–water partition coefficient (Wildman–Crippen LogP) is 1.44. The minimum Gasteiger partial charge on any atom is -0.361 e. The van der Waals surface area contributed by atoms with Gasteiger partial charge in [-0.2, -0.15) is 0 Å². The summed E-state index contributed by atoms with van der Waals surface area (Å²) in [6.07, 6.45) is 0.953. The normalized spacial score (nSPS) is 13.4. The highest BCUT2D eigenvalue weighted by Crippen LogP contribution is 2.18. The van der Waals surface area contributed by atoms with Crippen molar-refractivity contribution in [3.63, 3.8) is 0 Å². The Balaban J connectivity index is 2.60. The van der Waals surface area contributed by atoms with Gasteiger partial charge in [-0.05, 0) is 19.9 Å². The van der Waals surface area contributed by atoms with Crippen molar-refractivity contribution in [2.45, 2.75) is 26.2 Å². The fourth-order valence-electron chi connectivity index (χ4n) is 1.01. The van der Waals surface area contributed by atoms with Gasteiger partial charge in [0.05, 0.1) is 5.69 Å². The summed E-state index contributed by atoms with van der Waals surface area (Å²) < 4.78 is 5.07. The average Bonchev–Trinajstić information content (AvgIpc) is 2.36. The van der Waals surface area contributed by atoms with Crippen LogP contribution < -0.4 is 5.73 Å². The van der Waals surface area contributed by atoms with Crippen molar-refractivity contribution in [1.82, 2.24) is 5.16 Å². The summed E-state index contributed by atoms with van der Waals surface area (Å²) in [5, 5.41) is 3.80. The van der Waals surface area contributed by atoms with E-state index >= 15 is 0 Å². The highest BCUT2D eigenvalue weighted by molar-refractivity contribution is 5.07. The molecule has 1 atom stereocenters. The van der Waals surface area contributed by atoms with Crippen molar-refractivity contribution in [2.75, 3.05) is 6.54 Å². The molecular formula is C8H14N2O. The second-order valence-corrected chi connectivity index (χ2v) is 2.85. The van der Waals surface area contributed by atoms with E-state index in [1.54, 1.807) is 0 Å². The molecule has 3 nitrogen and oxygen atoms in total. The lowest BCUT2D eigenvalue weighted by molar-refractivity contribution is 0.358. The van der Waals surface area contributed by atoms with Crippen LogP contribution in [0.25, 0.3) is 0 Å². The number of hydrogen-bond acceptors (Lipinski definition) is 3. The molecule has 1 aromatic heterocycles. The minimum absolute atomic E-state index is 0.390. The smallest absolute Gasteiger partial charge is 0.139 e. The molecule has 1 aromatic rings. The van der Waals surface area contributed by atoms with Gasteiger partial charge in [0.1, 0.15) is 5.76 Å². The Bertz CT molecular complexity index is 220. The molecule has 2 N–H and O–H groups in total. The molecule has 0 aliphatic rings. The Morgan fingerprint density at radius 1 is 1.73 bits per heavy atom. The maximum atomic E-state index is 5.41. The zero-order valence-corrected chi connectivity index (χ0v) is 7.00. The topological polar surface area (TPSA) is 52.0 Å². The number of aryl methyl sites for hydroxylation is 1. The van der Waals surface area contributed by atoms with Gasteiger partial charge in [0.2, 0.25) is 0 Å². The molecule has 62 valence electrons. The third-order valence-electron chi connectivity index (χ3n) is 1.73. The lowest BCUT2D eigenvalue weighted by Gasteiger charge is -2.02. The van der Waals surface area contributed by atoms with Crippen molar-refractivity contribution in [1.29, 1.82) is 0 Å². The summed E-state index contributed by atoms with van der Waals surface area (Å²) in [6, 6.07) is 1.96. The lowest BCUT2D eigenvalue weighted by atomic mass is 10.1. The summed E-state index contributed by atoms with van der Waals surface area (Å²) in [4.78, 5) is 0. The molecule has 0 bridgehead atoms. The van der Waals surface area contributed by atoms with Crippen molar-refractivity contribution >= 4 is 0 Å². The molecule has 0 aliphatic heterocycles. The van der Waals surface area contributed by atoms with E-state index in [9.17, 15) is 0 Å². The molecule has 0 saturated carbocycles. The fourth-order valence-corrected chi connectivity index (χ4v) is 1.01. The Morgan fingerprint density at radius 2 is 2.45 bits per heavy atom. The molecule has 0 amide bonds. The van der Waals surface area contributed by atoms with Crippen LogP contribution in [0.3, 0.4) is 0 Å². The van der Waals surface area contributed by atoms with Crippen LogP contribution in [-0.2, 0) is 0 Å². The number of hydrogen-bond donors (Lipinski definition) is 1. The van der Waals surface area contributed by atoms with Crippen LogP contribution in [-0.4, -0.2) is 11.7 Å². The standard InChI is InChI=1S/C8H14N2O/c1-6(3-4-9)8-5-7(2)10-11-8/h5-6H,3-4,9H2,1-2H3. The van der Waals surface area contributed by atoms with Gasteiger partial charge >= 0.3 is 0 Å². The molecular weight excluding hydrogens is 140 g/mol. The van der Waals surface area contributed by atoms with Crippen molar-refractivity contribution in [3.8, 4) is 0 Å². The van der Waals surface area contributed by atoms with Gasteiger partial charge in [-0.15, -0.1) is 0 Å².